The Morgan fingerprint density at radius 1 is 1.17 bits per heavy atom. The lowest BCUT2D eigenvalue weighted by molar-refractivity contribution is -0.134. The minimum absolute atomic E-state index is 0.00926. The highest BCUT2D eigenvalue weighted by Crippen LogP contribution is 2.16. The van der Waals surface area contributed by atoms with E-state index in [4.69, 9.17) is 0 Å². The molecule has 6 heteroatoms. The maximum absolute atomic E-state index is 12.3. The number of para-hydroxylation sites is 1. The Morgan fingerprint density at radius 3 is 2.42 bits per heavy atom. The van der Waals surface area contributed by atoms with Crippen molar-refractivity contribution in [3.8, 4) is 0 Å². The summed E-state index contributed by atoms with van der Waals surface area (Å²) in [6.07, 6.45) is 0. The molecule has 3 rings (SSSR count). The number of rotatable bonds is 5. The second-order valence-electron chi connectivity index (χ2n) is 6.63. The fraction of sp³-hybridized carbons (Fsp3) is 0.556. The summed E-state index contributed by atoms with van der Waals surface area (Å²) in [6, 6.07) is 10.2. The van der Waals surface area contributed by atoms with Crippen LogP contribution in [-0.2, 0) is 9.59 Å². The third-order valence-corrected chi connectivity index (χ3v) is 5.10. The molecule has 130 valence electrons. The Hall–Kier alpha value is -2.08. The summed E-state index contributed by atoms with van der Waals surface area (Å²) in [5.74, 6) is 0.358. The van der Waals surface area contributed by atoms with Gasteiger partial charge in [0.05, 0.1) is 6.54 Å². The first-order valence-electron chi connectivity index (χ1n) is 8.71. The second-order valence-corrected chi connectivity index (χ2v) is 6.63. The Kier molecular flexibility index (Phi) is 5.35. The number of benzene rings is 1. The van der Waals surface area contributed by atoms with Crippen molar-refractivity contribution in [1.82, 2.24) is 15.5 Å². The van der Waals surface area contributed by atoms with Crippen molar-refractivity contribution >= 4 is 17.5 Å². The fourth-order valence-electron chi connectivity index (χ4n) is 3.17. The number of anilines is 1. The van der Waals surface area contributed by atoms with E-state index < -0.39 is 0 Å². The zero-order valence-corrected chi connectivity index (χ0v) is 14.2. The molecule has 6 nitrogen and oxygen atoms in total. The largest absolute Gasteiger partial charge is 0.368 e. The van der Waals surface area contributed by atoms with Crippen molar-refractivity contribution in [2.45, 2.75) is 6.92 Å². The molecule has 0 bridgehead atoms. The second kappa shape index (κ2) is 7.66. The van der Waals surface area contributed by atoms with Gasteiger partial charge in [0.2, 0.25) is 11.8 Å². The molecule has 0 radical (unpaired) electrons. The number of carbonyl (C=O) groups excluding carboxylic acids is 2. The molecule has 0 spiro atoms. The Bertz CT molecular complexity index is 566. The van der Waals surface area contributed by atoms with Crippen LogP contribution in [-0.4, -0.2) is 62.5 Å². The minimum atomic E-state index is -0.0334. The Morgan fingerprint density at radius 2 is 1.83 bits per heavy atom. The van der Waals surface area contributed by atoms with Gasteiger partial charge in [0.15, 0.2) is 0 Å². The standard InChI is InChI=1S/C18H26N4O2/c1-14(15-11-19-12-15)18(24)20-13-17(23)22-9-7-21(8-10-22)16-5-3-2-4-6-16/h2-6,14-15,19H,7-13H2,1H3,(H,20,24). The van der Waals surface area contributed by atoms with Gasteiger partial charge in [-0.05, 0) is 31.1 Å². The number of amides is 2. The number of hydrogen-bond acceptors (Lipinski definition) is 4. The normalized spacial score (nSPS) is 19.5. The van der Waals surface area contributed by atoms with Crippen LogP contribution in [0.2, 0.25) is 0 Å². The topological polar surface area (TPSA) is 64.7 Å². The number of nitrogens with one attached hydrogen (secondary N) is 2. The third kappa shape index (κ3) is 3.87. The van der Waals surface area contributed by atoms with Crippen molar-refractivity contribution in [2.24, 2.45) is 11.8 Å². The van der Waals surface area contributed by atoms with Crippen molar-refractivity contribution in [1.29, 1.82) is 0 Å². The van der Waals surface area contributed by atoms with Crippen molar-refractivity contribution in [3.05, 3.63) is 30.3 Å². The van der Waals surface area contributed by atoms with E-state index in [0.717, 1.165) is 26.2 Å². The van der Waals surface area contributed by atoms with E-state index in [1.165, 1.54) is 5.69 Å². The summed E-state index contributed by atoms with van der Waals surface area (Å²) in [5.41, 5.74) is 1.20. The molecular weight excluding hydrogens is 304 g/mol. The van der Waals surface area contributed by atoms with Crippen molar-refractivity contribution < 1.29 is 9.59 Å². The zero-order chi connectivity index (χ0) is 16.9. The highest BCUT2D eigenvalue weighted by Gasteiger charge is 2.29. The van der Waals surface area contributed by atoms with Gasteiger partial charge in [-0.15, -0.1) is 0 Å². The van der Waals surface area contributed by atoms with Crippen LogP contribution < -0.4 is 15.5 Å². The van der Waals surface area contributed by atoms with E-state index in [1.54, 1.807) is 0 Å². The molecule has 2 heterocycles. The molecule has 1 aromatic carbocycles. The fourth-order valence-corrected chi connectivity index (χ4v) is 3.17. The summed E-state index contributed by atoms with van der Waals surface area (Å²) in [6.45, 7) is 6.88. The van der Waals surface area contributed by atoms with E-state index in [1.807, 2.05) is 30.0 Å². The van der Waals surface area contributed by atoms with Crippen LogP contribution >= 0.6 is 0 Å². The van der Waals surface area contributed by atoms with Crippen LogP contribution in [0.15, 0.2) is 30.3 Å². The van der Waals surface area contributed by atoms with E-state index in [9.17, 15) is 9.59 Å². The number of carbonyl (C=O) groups is 2. The SMILES string of the molecule is CC(C(=O)NCC(=O)N1CCN(c2ccccc2)CC1)C1CNC1. The average Bonchev–Trinajstić information content (AvgIpc) is 2.58. The molecule has 2 aliphatic heterocycles. The van der Waals surface area contributed by atoms with Crippen LogP contribution in [0.3, 0.4) is 0 Å². The first-order valence-corrected chi connectivity index (χ1v) is 8.71. The quantitative estimate of drug-likeness (QED) is 0.815. The van der Waals surface area contributed by atoms with Crippen molar-refractivity contribution in [3.63, 3.8) is 0 Å². The molecule has 2 aliphatic rings. The summed E-state index contributed by atoms with van der Waals surface area (Å²) in [7, 11) is 0. The highest BCUT2D eigenvalue weighted by molar-refractivity contribution is 5.86. The molecular formula is C18H26N4O2. The molecule has 1 atom stereocenters. The van der Waals surface area contributed by atoms with E-state index in [2.05, 4.69) is 27.7 Å². The summed E-state index contributed by atoms with van der Waals surface area (Å²) in [4.78, 5) is 28.5. The monoisotopic (exact) mass is 330 g/mol. The van der Waals surface area contributed by atoms with Crippen LogP contribution in [0.1, 0.15) is 6.92 Å². The summed E-state index contributed by atoms with van der Waals surface area (Å²) >= 11 is 0. The lowest BCUT2D eigenvalue weighted by Crippen LogP contribution is -2.53. The van der Waals surface area contributed by atoms with Gasteiger partial charge in [0, 0.05) is 37.8 Å². The van der Waals surface area contributed by atoms with Crippen LogP contribution in [0, 0.1) is 11.8 Å². The van der Waals surface area contributed by atoms with E-state index >= 15 is 0 Å². The molecule has 1 aromatic rings. The number of hydrogen-bond donors (Lipinski definition) is 2. The lowest BCUT2D eigenvalue weighted by Gasteiger charge is -2.36. The van der Waals surface area contributed by atoms with Crippen LogP contribution in [0.25, 0.3) is 0 Å². The maximum Gasteiger partial charge on any atom is 0.242 e. The molecule has 0 aliphatic carbocycles. The predicted octanol–water partition coefficient (Wildman–Crippen LogP) is 0.307. The smallest absolute Gasteiger partial charge is 0.242 e. The Balaban J connectivity index is 1.41. The van der Waals surface area contributed by atoms with Gasteiger partial charge in [-0.3, -0.25) is 9.59 Å². The van der Waals surface area contributed by atoms with E-state index in [0.29, 0.717) is 19.0 Å². The van der Waals surface area contributed by atoms with Crippen LogP contribution in [0.5, 0.6) is 0 Å². The first kappa shape index (κ1) is 16.8. The molecule has 1 unspecified atom stereocenters. The van der Waals surface area contributed by atoms with Gasteiger partial charge < -0.3 is 20.4 Å². The van der Waals surface area contributed by atoms with Gasteiger partial charge in [-0.2, -0.15) is 0 Å². The predicted molar refractivity (Wildman–Crippen MR) is 93.8 cm³/mol. The molecule has 2 amide bonds. The van der Waals surface area contributed by atoms with Gasteiger partial charge in [0.25, 0.3) is 0 Å². The molecule has 2 fully saturated rings. The summed E-state index contributed by atoms with van der Waals surface area (Å²) < 4.78 is 0. The molecule has 2 N–H and O–H groups in total. The molecule has 24 heavy (non-hydrogen) atoms. The maximum atomic E-state index is 12.3. The Labute approximate surface area is 143 Å². The van der Waals surface area contributed by atoms with Gasteiger partial charge in [0.1, 0.15) is 0 Å². The number of piperazine rings is 1. The summed E-state index contributed by atoms with van der Waals surface area (Å²) in [5, 5.41) is 5.97. The van der Waals surface area contributed by atoms with Crippen molar-refractivity contribution in [2.75, 3.05) is 50.7 Å². The molecule has 2 saturated heterocycles. The lowest BCUT2D eigenvalue weighted by atomic mass is 9.88. The molecule has 0 saturated carbocycles. The zero-order valence-electron chi connectivity index (χ0n) is 14.2. The first-order chi connectivity index (χ1) is 11.6. The number of nitrogens with zero attached hydrogens (tertiary/aromatic N) is 2. The highest BCUT2D eigenvalue weighted by atomic mass is 16.2. The average molecular weight is 330 g/mol. The van der Waals surface area contributed by atoms with Crippen LogP contribution in [0.4, 0.5) is 5.69 Å². The minimum Gasteiger partial charge on any atom is -0.368 e. The van der Waals surface area contributed by atoms with E-state index in [-0.39, 0.29) is 24.3 Å². The van der Waals surface area contributed by atoms with Gasteiger partial charge >= 0.3 is 0 Å². The molecule has 0 aromatic heterocycles. The van der Waals surface area contributed by atoms with Gasteiger partial charge in [-0.25, -0.2) is 0 Å². The third-order valence-electron chi connectivity index (χ3n) is 5.10. The van der Waals surface area contributed by atoms with Gasteiger partial charge in [-0.1, -0.05) is 25.1 Å².